The summed E-state index contributed by atoms with van der Waals surface area (Å²) in [5, 5.41) is 2.68. The maximum Gasteiger partial charge on any atom is 0.317 e. The van der Waals surface area contributed by atoms with Gasteiger partial charge in [-0.05, 0) is 37.5 Å². The topological polar surface area (TPSA) is 96.0 Å². The summed E-state index contributed by atoms with van der Waals surface area (Å²) in [6, 6.07) is 6.65. The van der Waals surface area contributed by atoms with Crippen LogP contribution in [0.25, 0.3) is 0 Å². The van der Waals surface area contributed by atoms with E-state index in [1.54, 1.807) is 30.9 Å². The van der Waals surface area contributed by atoms with Crippen molar-refractivity contribution in [2.75, 3.05) is 32.7 Å². The summed E-state index contributed by atoms with van der Waals surface area (Å²) in [7, 11) is -3.58. The zero-order valence-electron chi connectivity index (χ0n) is 17.6. The number of nitrogens with zero attached hydrogens (tertiary/aromatic N) is 2. The van der Waals surface area contributed by atoms with E-state index in [1.165, 1.54) is 4.31 Å². The molecule has 0 spiro atoms. The van der Waals surface area contributed by atoms with Crippen molar-refractivity contribution >= 4 is 22.0 Å². The number of ether oxygens (including phenoxy) is 1. The number of amides is 2. The Balaban J connectivity index is 1.84. The Morgan fingerprint density at radius 2 is 1.62 bits per heavy atom. The van der Waals surface area contributed by atoms with Gasteiger partial charge in [0.2, 0.25) is 10.0 Å². The lowest BCUT2D eigenvalue weighted by Crippen LogP contribution is -2.53. The third-order valence-corrected chi connectivity index (χ3v) is 6.60. The van der Waals surface area contributed by atoms with E-state index in [-0.39, 0.29) is 49.1 Å². The van der Waals surface area contributed by atoms with Crippen LogP contribution in [0.2, 0.25) is 0 Å². The monoisotopic (exact) mass is 425 g/mol. The Labute approximate surface area is 173 Å². The van der Waals surface area contributed by atoms with Crippen LogP contribution < -0.4 is 5.32 Å². The first-order chi connectivity index (χ1) is 13.6. The SMILES string of the molecule is CC(C)OC(=O)CCNC(=O)N1CCN(S(=O)(=O)c2ccc(C(C)C)cc2)CC1. The molecular weight excluding hydrogens is 394 g/mol. The molecule has 1 aromatic rings. The largest absolute Gasteiger partial charge is 0.463 e. The average molecular weight is 426 g/mol. The van der Waals surface area contributed by atoms with Gasteiger partial charge in [0, 0.05) is 32.7 Å². The smallest absolute Gasteiger partial charge is 0.317 e. The molecule has 1 aliphatic heterocycles. The van der Waals surface area contributed by atoms with Crippen LogP contribution >= 0.6 is 0 Å². The van der Waals surface area contributed by atoms with Crippen LogP contribution in [0.3, 0.4) is 0 Å². The van der Waals surface area contributed by atoms with Crippen molar-refractivity contribution in [1.82, 2.24) is 14.5 Å². The molecule has 1 saturated heterocycles. The normalized spacial score (nSPS) is 15.6. The van der Waals surface area contributed by atoms with E-state index in [9.17, 15) is 18.0 Å². The van der Waals surface area contributed by atoms with Crippen LogP contribution in [0.1, 0.15) is 45.6 Å². The minimum atomic E-state index is -3.58. The number of carbonyl (C=O) groups is 2. The molecule has 0 radical (unpaired) electrons. The number of urea groups is 1. The molecule has 1 N–H and O–H groups in total. The van der Waals surface area contributed by atoms with Gasteiger partial charge in [-0.15, -0.1) is 0 Å². The molecule has 8 nitrogen and oxygen atoms in total. The highest BCUT2D eigenvalue weighted by Crippen LogP contribution is 2.21. The van der Waals surface area contributed by atoms with Gasteiger partial charge in [-0.25, -0.2) is 13.2 Å². The van der Waals surface area contributed by atoms with Crippen molar-refractivity contribution in [2.24, 2.45) is 0 Å². The number of nitrogens with one attached hydrogen (secondary N) is 1. The van der Waals surface area contributed by atoms with Gasteiger partial charge < -0.3 is 15.0 Å². The minimum Gasteiger partial charge on any atom is -0.463 e. The molecule has 2 rings (SSSR count). The summed E-state index contributed by atoms with van der Waals surface area (Å²) in [5.41, 5.74) is 1.09. The minimum absolute atomic E-state index is 0.102. The first kappa shape index (κ1) is 23.2. The summed E-state index contributed by atoms with van der Waals surface area (Å²) in [6.07, 6.45) is -0.0835. The van der Waals surface area contributed by atoms with E-state index in [1.807, 2.05) is 12.1 Å². The fraction of sp³-hybridized carbons (Fsp3) is 0.600. The van der Waals surface area contributed by atoms with Crippen molar-refractivity contribution < 1.29 is 22.7 Å². The Hall–Kier alpha value is -2.13. The summed E-state index contributed by atoms with van der Waals surface area (Å²) in [4.78, 5) is 25.5. The van der Waals surface area contributed by atoms with Crippen LogP contribution in [0, 0.1) is 0 Å². The van der Waals surface area contributed by atoms with Crippen molar-refractivity contribution in [2.45, 2.75) is 51.0 Å². The third kappa shape index (κ3) is 6.43. The molecule has 9 heteroatoms. The highest BCUT2D eigenvalue weighted by atomic mass is 32.2. The molecule has 0 unspecified atom stereocenters. The van der Waals surface area contributed by atoms with Crippen LogP contribution in [-0.4, -0.2) is 68.5 Å². The lowest BCUT2D eigenvalue weighted by molar-refractivity contribution is -0.147. The fourth-order valence-corrected chi connectivity index (χ4v) is 4.43. The predicted octanol–water partition coefficient (Wildman–Crippen LogP) is 2.17. The number of piperazine rings is 1. The molecule has 162 valence electrons. The second-order valence-electron chi connectivity index (χ2n) is 7.64. The number of hydrogen-bond donors (Lipinski definition) is 1. The van der Waals surface area contributed by atoms with E-state index in [4.69, 9.17) is 4.74 Å². The third-order valence-electron chi connectivity index (χ3n) is 4.68. The summed E-state index contributed by atoms with van der Waals surface area (Å²) in [6.45, 7) is 8.89. The first-order valence-electron chi connectivity index (χ1n) is 9.93. The van der Waals surface area contributed by atoms with Gasteiger partial charge in [0.05, 0.1) is 17.4 Å². The lowest BCUT2D eigenvalue weighted by atomic mass is 10.0. The fourth-order valence-electron chi connectivity index (χ4n) is 3.01. The van der Waals surface area contributed by atoms with Gasteiger partial charge in [0.1, 0.15) is 0 Å². The van der Waals surface area contributed by atoms with Gasteiger partial charge in [0.25, 0.3) is 0 Å². The maximum absolute atomic E-state index is 12.8. The number of rotatable bonds is 7. The molecular formula is C20H31N3O5S. The van der Waals surface area contributed by atoms with Gasteiger partial charge in [0.15, 0.2) is 0 Å². The Kier molecular flexibility index (Phi) is 8.04. The summed E-state index contributed by atoms with van der Waals surface area (Å²) in [5.74, 6) is -0.0271. The number of benzene rings is 1. The molecule has 1 fully saturated rings. The maximum atomic E-state index is 12.8. The second-order valence-corrected chi connectivity index (χ2v) is 9.57. The molecule has 0 atom stereocenters. The Bertz CT molecular complexity index is 798. The van der Waals surface area contributed by atoms with Crippen molar-refractivity contribution in [3.63, 3.8) is 0 Å². The number of hydrogen-bond acceptors (Lipinski definition) is 5. The van der Waals surface area contributed by atoms with E-state index in [0.29, 0.717) is 19.0 Å². The first-order valence-corrected chi connectivity index (χ1v) is 11.4. The van der Waals surface area contributed by atoms with Crippen molar-refractivity contribution in [3.8, 4) is 0 Å². The van der Waals surface area contributed by atoms with Gasteiger partial charge >= 0.3 is 12.0 Å². The van der Waals surface area contributed by atoms with Crippen molar-refractivity contribution in [1.29, 1.82) is 0 Å². The highest BCUT2D eigenvalue weighted by Gasteiger charge is 2.30. The molecule has 2 amide bonds. The summed E-state index contributed by atoms with van der Waals surface area (Å²) >= 11 is 0. The Morgan fingerprint density at radius 1 is 1.03 bits per heavy atom. The van der Waals surface area contributed by atoms with E-state index >= 15 is 0 Å². The number of esters is 1. The average Bonchev–Trinajstić information content (AvgIpc) is 2.67. The quantitative estimate of drug-likeness (QED) is 0.676. The van der Waals surface area contributed by atoms with Crippen LogP contribution in [0.5, 0.6) is 0 Å². The van der Waals surface area contributed by atoms with Crippen LogP contribution in [0.15, 0.2) is 29.2 Å². The van der Waals surface area contributed by atoms with E-state index < -0.39 is 10.0 Å². The van der Waals surface area contributed by atoms with Crippen LogP contribution in [0.4, 0.5) is 4.79 Å². The number of sulfonamides is 1. The van der Waals surface area contributed by atoms with Gasteiger partial charge in [-0.3, -0.25) is 4.79 Å². The number of carbonyl (C=O) groups excluding carboxylic acids is 2. The molecule has 1 aliphatic rings. The summed E-state index contributed by atoms with van der Waals surface area (Å²) < 4.78 is 32.1. The Morgan fingerprint density at radius 3 is 2.14 bits per heavy atom. The zero-order valence-corrected chi connectivity index (χ0v) is 18.4. The highest BCUT2D eigenvalue weighted by molar-refractivity contribution is 7.89. The molecule has 0 aliphatic carbocycles. The molecule has 0 bridgehead atoms. The van der Waals surface area contributed by atoms with Gasteiger partial charge in [-0.2, -0.15) is 4.31 Å². The zero-order chi connectivity index (χ0) is 21.6. The van der Waals surface area contributed by atoms with Gasteiger partial charge in [-0.1, -0.05) is 26.0 Å². The molecule has 1 heterocycles. The predicted molar refractivity (Wildman–Crippen MR) is 110 cm³/mol. The van der Waals surface area contributed by atoms with E-state index in [0.717, 1.165) is 5.56 Å². The molecule has 0 saturated carbocycles. The van der Waals surface area contributed by atoms with Crippen molar-refractivity contribution in [3.05, 3.63) is 29.8 Å². The molecule has 29 heavy (non-hydrogen) atoms. The molecule has 1 aromatic carbocycles. The van der Waals surface area contributed by atoms with Crippen LogP contribution in [-0.2, 0) is 19.6 Å². The lowest BCUT2D eigenvalue weighted by Gasteiger charge is -2.34. The molecule has 0 aromatic heterocycles. The second kappa shape index (κ2) is 10.1. The van der Waals surface area contributed by atoms with E-state index in [2.05, 4.69) is 19.2 Å². The standard InChI is InChI=1S/C20H31N3O5S/c1-15(2)17-5-7-18(8-6-17)29(26,27)23-13-11-22(12-14-23)20(25)21-10-9-19(24)28-16(3)4/h5-8,15-16H,9-14H2,1-4H3,(H,21,25).